The maximum Gasteiger partial charge on any atom is 0.360 e. The van der Waals surface area contributed by atoms with Gasteiger partial charge in [-0.15, -0.1) is 0 Å². The van der Waals surface area contributed by atoms with E-state index in [1.54, 1.807) is 0 Å². The van der Waals surface area contributed by atoms with Crippen molar-refractivity contribution in [1.82, 2.24) is 9.55 Å². The van der Waals surface area contributed by atoms with Crippen LogP contribution in [0.4, 0.5) is 5.82 Å². The number of aryl methyl sites for hydroxylation is 1. The number of carbonyl (C=O) groups is 1. The van der Waals surface area contributed by atoms with Crippen molar-refractivity contribution in [3.8, 4) is 0 Å². The van der Waals surface area contributed by atoms with Gasteiger partial charge in [0.25, 0.3) is 0 Å². The second-order valence-corrected chi connectivity index (χ2v) is 4.78. The lowest BCUT2D eigenvalue weighted by Crippen LogP contribution is -2.12. The molecule has 0 radical (unpaired) electrons. The minimum Gasteiger partial charge on any atom is -0.464 e. The number of nitrogens with two attached hydrogens (primary N) is 1. The molecular formula is C12H19N3O2. The number of anilines is 1. The van der Waals surface area contributed by atoms with E-state index in [4.69, 9.17) is 5.73 Å². The summed E-state index contributed by atoms with van der Waals surface area (Å²) < 4.78 is 6.60. The number of ether oxygens (including phenoxy) is 1. The van der Waals surface area contributed by atoms with Crippen LogP contribution in [0.2, 0.25) is 0 Å². The zero-order chi connectivity index (χ0) is 12.6. The van der Waals surface area contributed by atoms with Crippen LogP contribution in [0.5, 0.6) is 0 Å². The van der Waals surface area contributed by atoms with E-state index < -0.39 is 5.97 Å². The minimum absolute atomic E-state index is 0.229. The molecule has 17 heavy (non-hydrogen) atoms. The molecule has 2 rings (SSSR count). The third-order valence-corrected chi connectivity index (χ3v) is 3.32. The summed E-state index contributed by atoms with van der Waals surface area (Å²) in [6.07, 6.45) is 3.71. The lowest BCUT2D eigenvalue weighted by atomic mass is 10.1. The fraction of sp³-hybridized carbons (Fsp3) is 0.667. The molecule has 1 saturated carbocycles. The summed E-state index contributed by atoms with van der Waals surface area (Å²) >= 11 is 0. The molecule has 2 N–H and O–H groups in total. The molecule has 1 aliphatic carbocycles. The number of methoxy groups -OCH3 is 1. The highest BCUT2D eigenvalue weighted by atomic mass is 16.5. The summed E-state index contributed by atoms with van der Waals surface area (Å²) in [5.41, 5.74) is 6.21. The van der Waals surface area contributed by atoms with E-state index in [1.165, 1.54) is 20.0 Å². The molecule has 0 amide bonds. The first-order chi connectivity index (χ1) is 8.04. The standard InChI is InChI=1S/C12H19N3O2/c1-7(6-9-4-5-9)15-8(2)14-10(11(15)13)12(16)17-3/h7,9H,4-6,13H2,1-3H3. The van der Waals surface area contributed by atoms with Gasteiger partial charge in [0, 0.05) is 6.04 Å². The average molecular weight is 237 g/mol. The highest BCUT2D eigenvalue weighted by Crippen LogP contribution is 2.38. The van der Waals surface area contributed by atoms with Gasteiger partial charge < -0.3 is 15.0 Å². The highest BCUT2D eigenvalue weighted by Gasteiger charge is 2.27. The third-order valence-electron chi connectivity index (χ3n) is 3.32. The monoisotopic (exact) mass is 237 g/mol. The largest absolute Gasteiger partial charge is 0.464 e. The molecule has 1 aromatic rings. The van der Waals surface area contributed by atoms with Gasteiger partial charge in [0.15, 0.2) is 5.69 Å². The van der Waals surface area contributed by atoms with E-state index in [0.717, 1.165) is 18.2 Å². The quantitative estimate of drug-likeness (QED) is 0.812. The van der Waals surface area contributed by atoms with Gasteiger partial charge in [0.1, 0.15) is 11.6 Å². The van der Waals surface area contributed by atoms with Crippen molar-refractivity contribution in [3.05, 3.63) is 11.5 Å². The van der Waals surface area contributed by atoms with Crippen molar-refractivity contribution in [3.63, 3.8) is 0 Å². The van der Waals surface area contributed by atoms with Gasteiger partial charge in [-0.3, -0.25) is 0 Å². The fourth-order valence-corrected chi connectivity index (χ4v) is 2.31. The van der Waals surface area contributed by atoms with Crippen LogP contribution in [0.25, 0.3) is 0 Å². The van der Waals surface area contributed by atoms with E-state index in [2.05, 4.69) is 16.6 Å². The van der Waals surface area contributed by atoms with Gasteiger partial charge in [-0.1, -0.05) is 12.8 Å². The molecule has 0 spiro atoms. The zero-order valence-electron chi connectivity index (χ0n) is 10.6. The Morgan fingerprint density at radius 3 is 2.82 bits per heavy atom. The summed E-state index contributed by atoms with van der Waals surface area (Å²) in [5, 5.41) is 0. The van der Waals surface area contributed by atoms with Gasteiger partial charge in [-0.25, -0.2) is 9.78 Å². The van der Waals surface area contributed by atoms with Crippen LogP contribution in [0.3, 0.4) is 0 Å². The van der Waals surface area contributed by atoms with Gasteiger partial charge in [0.05, 0.1) is 7.11 Å². The molecule has 1 unspecified atom stereocenters. The van der Waals surface area contributed by atoms with Gasteiger partial charge in [0.2, 0.25) is 0 Å². The molecule has 1 fully saturated rings. The summed E-state index contributed by atoms with van der Waals surface area (Å²) in [5.74, 6) is 1.54. The number of aromatic nitrogens is 2. The normalized spacial score (nSPS) is 16.9. The Hall–Kier alpha value is -1.52. The molecule has 1 aromatic heterocycles. The molecule has 0 saturated heterocycles. The smallest absolute Gasteiger partial charge is 0.360 e. The third kappa shape index (κ3) is 2.28. The Morgan fingerprint density at radius 2 is 2.29 bits per heavy atom. The molecule has 5 heteroatoms. The van der Waals surface area contributed by atoms with Gasteiger partial charge >= 0.3 is 5.97 Å². The van der Waals surface area contributed by atoms with E-state index in [9.17, 15) is 4.79 Å². The van der Waals surface area contributed by atoms with Crippen LogP contribution < -0.4 is 5.73 Å². The van der Waals surface area contributed by atoms with Crippen molar-refractivity contribution in [2.45, 2.75) is 39.2 Å². The Kier molecular flexibility index (Phi) is 3.09. The molecule has 1 heterocycles. The summed E-state index contributed by atoms with van der Waals surface area (Å²) in [7, 11) is 1.34. The van der Waals surface area contributed by atoms with Crippen LogP contribution in [-0.2, 0) is 4.74 Å². The van der Waals surface area contributed by atoms with Gasteiger partial charge in [-0.05, 0) is 26.2 Å². The van der Waals surface area contributed by atoms with Crippen LogP contribution in [0.1, 0.15) is 48.5 Å². The molecule has 1 atom stereocenters. The highest BCUT2D eigenvalue weighted by molar-refractivity contribution is 5.92. The Morgan fingerprint density at radius 1 is 1.65 bits per heavy atom. The topological polar surface area (TPSA) is 70.1 Å². The van der Waals surface area contributed by atoms with Crippen molar-refractivity contribution in [1.29, 1.82) is 0 Å². The predicted molar refractivity (Wildman–Crippen MR) is 64.8 cm³/mol. The molecule has 94 valence electrons. The molecular weight excluding hydrogens is 218 g/mol. The second kappa shape index (κ2) is 4.39. The summed E-state index contributed by atoms with van der Waals surface area (Å²) in [4.78, 5) is 15.7. The van der Waals surface area contributed by atoms with Crippen LogP contribution >= 0.6 is 0 Å². The van der Waals surface area contributed by atoms with Crippen molar-refractivity contribution in [2.24, 2.45) is 5.92 Å². The first-order valence-corrected chi connectivity index (χ1v) is 5.97. The minimum atomic E-state index is -0.469. The summed E-state index contributed by atoms with van der Waals surface area (Å²) in [6, 6.07) is 0.286. The summed E-state index contributed by atoms with van der Waals surface area (Å²) in [6.45, 7) is 3.98. The molecule has 0 aromatic carbocycles. The number of rotatable bonds is 4. The Bertz CT molecular complexity index is 435. The number of carbonyl (C=O) groups excluding carboxylic acids is 1. The maximum atomic E-state index is 11.5. The first kappa shape index (κ1) is 12.0. The number of imidazole rings is 1. The second-order valence-electron chi connectivity index (χ2n) is 4.78. The van der Waals surface area contributed by atoms with Crippen molar-refractivity contribution >= 4 is 11.8 Å². The molecule has 0 bridgehead atoms. The molecule has 5 nitrogen and oxygen atoms in total. The van der Waals surface area contributed by atoms with Crippen LogP contribution in [-0.4, -0.2) is 22.6 Å². The molecule has 1 aliphatic rings. The predicted octanol–water partition coefficient (Wildman–Crippen LogP) is 1.92. The number of nitrogens with zero attached hydrogens (tertiary/aromatic N) is 2. The molecule has 0 aliphatic heterocycles. The van der Waals surface area contributed by atoms with Crippen molar-refractivity contribution < 1.29 is 9.53 Å². The number of nitrogen functional groups attached to an aromatic ring is 1. The Balaban J connectivity index is 2.26. The average Bonchev–Trinajstić information content (AvgIpc) is 3.03. The van der Waals surface area contributed by atoms with E-state index in [-0.39, 0.29) is 11.7 Å². The maximum absolute atomic E-state index is 11.5. The lowest BCUT2D eigenvalue weighted by Gasteiger charge is -2.16. The lowest BCUT2D eigenvalue weighted by molar-refractivity contribution is 0.0595. The number of esters is 1. The van der Waals surface area contributed by atoms with E-state index in [0.29, 0.717) is 5.82 Å². The van der Waals surface area contributed by atoms with E-state index >= 15 is 0 Å². The Labute approximate surface area is 101 Å². The van der Waals surface area contributed by atoms with Gasteiger partial charge in [-0.2, -0.15) is 0 Å². The van der Waals surface area contributed by atoms with Crippen molar-refractivity contribution in [2.75, 3.05) is 12.8 Å². The van der Waals surface area contributed by atoms with Crippen LogP contribution in [0.15, 0.2) is 0 Å². The number of hydrogen-bond acceptors (Lipinski definition) is 4. The van der Waals surface area contributed by atoms with Crippen LogP contribution in [0, 0.1) is 12.8 Å². The first-order valence-electron chi connectivity index (χ1n) is 5.97. The fourth-order valence-electron chi connectivity index (χ4n) is 2.31. The van der Waals surface area contributed by atoms with E-state index in [1.807, 2.05) is 11.5 Å². The number of hydrogen-bond donors (Lipinski definition) is 1. The SMILES string of the molecule is COC(=O)c1nc(C)n(C(C)CC2CC2)c1N. The zero-order valence-corrected chi connectivity index (χ0v) is 10.6.